The van der Waals surface area contributed by atoms with Crippen LogP contribution in [0.25, 0.3) is 16.6 Å². The Balaban J connectivity index is 1.86. The number of carboxylic acid groups (broad SMARTS) is 1. The third-order valence-electron chi connectivity index (χ3n) is 4.75. The number of benzene rings is 2. The van der Waals surface area contributed by atoms with Crippen molar-refractivity contribution in [2.45, 2.75) is 6.61 Å². The van der Waals surface area contributed by atoms with E-state index in [0.717, 1.165) is 23.5 Å². The lowest BCUT2D eigenvalue weighted by Crippen LogP contribution is -2.34. The van der Waals surface area contributed by atoms with E-state index in [0.29, 0.717) is 20.2 Å². The molecule has 0 saturated carbocycles. The van der Waals surface area contributed by atoms with E-state index in [4.69, 9.17) is 32.7 Å². The van der Waals surface area contributed by atoms with Crippen molar-refractivity contribution in [2.75, 3.05) is 7.11 Å². The van der Waals surface area contributed by atoms with E-state index >= 15 is 0 Å². The molecule has 0 spiro atoms. The van der Waals surface area contributed by atoms with E-state index in [1.54, 1.807) is 18.2 Å². The quantitative estimate of drug-likeness (QED) is 0.395. The first kappa shape index (κ1) is 22.8. The van der Waals surface area contributed by atoms with Crippen molar-refractivity contribution in [3.63, 3.8) is 0 Å². The van der Waals surface area contributed by atoms with Gasteiger partial charge in [0.1, 0.15) is 11.5 Å². The molecule has 0 saturated heterocycles. The van der Waals surface area contributed by atoms with E-state index in [9.17, 15) is 23.9 Å². The Morgan fingerprint density at radius 2 is 1.91 bits per heavy atom. The Hall–Kier alpha value is -3.34. The topological polar surface area (TPSA) is 111 Å². The normalized spacial score (nSPS) is 11.0. The average Bonchev–Trinajstić information content (AvgIpc) is 3.19. The maximum atomic E-state index is 14.9. The fourth-order valence-corrected chi connectivity index (χ4v) is 4.54. The lowest BCUT2D eigenvalue weighted by molar-refractivity contribution is 0.0704. The van der Waals surface area contributed by atoms with Crippen LogP contribution in [0.15, 0.2) is 45.3 Å². The number of rotatable bonds is 6. The lowest BCUT2D eigenvalue weighted by Gasteiger charge is -2.15. The summed E-state index contributed by atoms with van der Waals surface area (Å²) in [4.78, 5) is 39.2. The summed E-state index contributed by atoms with van der Waals surface area (Å²) in [6.45, 7) is -0.113. The summed E-state index contributed by atoms with van der Waals surface area (Å²) in [5.41, 5.74) is -1.88. The molecule has 2 aromatic heterocycles. The van der Waals surface area contributed by atoms with Gasteiger partial charge < -0.3 is 19.6 Å². The van der Waals surface area contributed by atoms with Crippen LogP contribution >= 0.6 is 34.5 Å². The maximum Gasteiger partial charge on any atom is 0.346 e. The molecular weight excluding hydrogens is 498 g/mol. The molecule has 4 rings (SSSR count). The van der Waals surface area contributed by atoms with Gasteiger partial charge >= 0.3 is 11.7 Å². The van der Waals surface area contributed by atoms with Crippen molar-refractivity contribution >= 4 is 51.4 Å². The van der Waals surface area contributed by atoms with Crippen molar-refractivity contribution in [2.24, 2.45) is 0 Å². The van der Waals surface area contributed by atoms with E-state index in [-0.39, 0.29) is 33.9 Å². The minimum atomic E-state index is -1.35. The molecule has 2 heterocycles. The first-order valence-corrected chi connectivity index (χ1v) is 10.8. The summed E-state index contributed by atoms with van der Waals surface area (Å²) in [7, 11) is 1.29. The van der Waals surface area contributed by atoms with Gasteiger partial charge in [-0.15, -0.1) is 11.3 Å². The van der Waals surface area contributed by atoms with Gasteiger partial charge in [0, 0.05) is 33.1 Å². The van der Waals surface area contributed by atoms with Gasteiger partial charge in [0.05, 0.1) is 23.7 Å². The average molecular weight is 511 g/mol. The molecule has 8 nitrogen and oxygen atoms in total. The van der Waals surface area contributed by atoms with Crippen LogP contribution < -0.4 is 20.7 Å². The highest BCUT2D eigenvalue weighted by atomic mass is 35.5. The van der Waals surface area contributed by atoms with Gasteiger partial charge in [0.2, 0.25) is 0 Å². The number of H-pyrrole nitrogens is 1. The fourth-order valence-electron chi connectivity index (χ4n) is 3.20. The molecule has 0 amide bonds. The number of carbonyl (C=O) groups is 1. The van der Waals surface area contributed by atoms with Crippen molar-refractivity contribution < 1.29 is 23.8 Å². The first-order valence-electron chi connectivity index (χ1n) is 9.16. The van der Waals surface area contributed by atoms with Crippen LogP contribution in [0.1, 0.15) is 15.2 Å². The van der Waals surface area contributed by atoms with Crippen LogP contribution in [0.4, 0.5) is 4.39 Å². The Bertz CT molecular complexity index is 1510. The highest BCUT2D eigenvalue weighted by Crippen LogP contribution is 2.34. The molecule has 0 aliphatic rings. The predicted octanol–water partition coefficient (Wildman–Crippen LogP) is 4.47. The molecule has 2 N–H and O–H groups in total. The zero-order chi connectivity index (χ0) is 23.9. The van der Waals surface area contributed by atoms with Gasteiger partial charge in [-0.3, -0.25) is 4.79 Å². The van der Waals surface area contributed by atoms with Crippen LogP contribution in [-0.2, 0) is 6.61 Å². The zero-order valence-corrected chi connectivity index (χ0v) is 19.0. The number of halogens is 3. The molecule has 0 aliphatic heterocycles. The number of aromatic carboxylic acids is 1. The molecular formula is C21H13Cl2FN2O6S. The molecule has 0 atom stereocenters. The van der Waals surface area contributed by atoms with E-state index in [1.807, 2.05) is 0 Å². The van der Waals surface area contributed by atoms with Gasteiger partial charge in [-0.1, -0.05) is 29.3 Å². The number of nitrogens with one attached hydrogen (secondary N) is 1. The van der Waals surface area contributed by atoms with Crippen LogP contribution in [0.5, 0.6) is 11.5 Å². The van der Waals surface area contributed by atoms with E-state index < -0.39 is 28.7 Å². The smallest absolute Gasteiger partial charge is 0.346 e. The number of aromatic nitrogens is 2. The van der Waals surface area contributed by atoms with E-state index in [2.05, 4.69) is 4.98 Å². The molecule has 170 valence electrons. The molecule has 0 radical (unpaired) electrons. The second kappa shape index (κ2) is 8.89. The second-order valence-electron chi connectivity index (χ2n) is 6.67. The van der Waals surface area contributed by atoms with Gasteiger partial charge in [0.25, 0.3) is 5.56 Å². The molecule has 0 fully saturated rings. The first-order chi connectivity index (χ1) is 15.7. The standard InChI is InChI=1S/C21H13Cl2FN2O6S/c1-31-15-5-12(24)14(6-16(15)32-7-9-10(22)3-2-4-11(9)23)26-19(27)17-13(25-21(26)30)8-33-18(17)20(28)29/h2-6,8H,7H2,1H3,(H,25,30)(H,28,29). The van der Waals surface area contributed by atoms with E-state index in [1.165, 1.54) is 12.5 Å². The largest absolute Gasteiger partial charge is 0.493 e. The molecule has 4 aromatic rings. The summed E-state index contributed by atoms with van der Waals surface area (Å²) in [5.74, 6) is -2.32. The summed E-state index contributed by atoms with van der Waals surface area (Å²) in [6.07, 6.45) is 0. The van der Waals surface area contributed by atoms with Crippen LogP contribution in [0, 0.1) is 5.82 Å². The van der Waals surface area contributed by atoms with Crippen molar-refractivity contribution in [3.8, 4) is 17.2 Å². The summed E-state index contributed by atoms with van der Waals surface area (Å²) in [5, 5.41) is 11.1. The number of nitrogens with zero attached hydrogens (tertiary/aromatic N) is 1. The minimum Gasteiger partial charge on any atom is -0.493 e. The van der Waals surface area contributed by atoms with Crippen molar-refractivity contribution in [1.29, 1.82) is 0 Å². The van der Waals surface area contributed by atoms with Gasteiger partial charge in [0.15, 0.2) is 17.3 Å². The Morgan fingerprint density at radius 3 is 2.55 bits per heavy atom. The number of thiophene rings is 1. The number of ether oxygens (including phenoxy) is 2. The maximum absolute atomic E-state index is 14.9. The Morgan fingerprint density at radius 1 is 1.21 bits per heavy atom. The zero-order valence-electron chi connectivity index (χ0n) is 16.6. The molecule has 0 unspecified atom stereocenters. The number of carboxylic acids is 1. The van der Waals surface area contributed by atoms with Crippen molar-refractivity contribution in [1.82, 2.24) is 9.55 Å². The number of methoxy groups -OCH3 is 1. The Kier molecular flexibility index (Phi) is 6.15. The second-order valence-corrected chi connectivity index (χ2v) is 8.37. The Labute approximate surface area is 198 Å². The highest BCUT2D eigenvalue weighted by molar-refractivity contribution is 7.13. The highest BCUT2D eigenvalue weighted by Gasteiger charge is 2.22. The molecule has 33 heavy (non-hydrogen) atoms. The predicted molar refractivity (Wildman–Crippen MR) is 122 cm³/mol. The third-order valence-corrected chi connectivity index (χ3v) is 6.43. The number of hydrogen-bond donors (Lipinski definition) is 2. The number of hydrogen-bond acceptors (Lipinski definition) is 6. The lowest BCUT2D eigenvalue weighted by atomic mass is 10.2. The van der Waals surface area contributed by atoms with Gasteiger partial charge in [-0.05, 0) is 12.1 Å². The van der Waals surface area contributed by atoms with Crippen molar-refractivity contribution in [3.05, 3.63) is 82.9 Å². The molecule has 0 aliphatic carbocycles. The third kappa shape index (κ3) is 4.08. The summed E-state index contributed by atoms with van der Waals surface area (Å²) < 4.78 is 26.3. The number of aromatic amines is 1. The molecule has 0 bridgehead atoms. The summed E-state index contributed by atoms with van der Waals surface area (Å²) in [6, 6.07) is 6.95. The molecule has 12 heteroatoms. The SMILES string of the molecule is COc1cc(F)c(-n2c(=O)[nH]c3csc(C(=O)O)c3c2=O)cc1OCc1c(Cl)cccc1Cl. The van der Waals surface area contributed by atoms with Gasteiger partial charge in [-0.2, -0.15) is 0 Å². The monoisotopic (exact) mass is 510 g/mol. The fraction of sp³-hybridized carbons (Fsp3) is 0.0952. The number of fused-ring (bicyclic) bond motifs is 1. The van der Waals surface area contributed by atoms with Crippen LogP contribution in [-0.4, -0.2) is 27.7 Å². The van der Waals surface area contributed by atoms with Crippen LogP contribution in [0.2, 0.25) is 10.0 Å². The van der Waals surface area contributed by atoms with Gasteiger partial charge in [-0.25, -0.2) is 18.5 Å². The minimum absolute atomic E-state index is 0.0000556. The summed E-state index contributed by atoms with van der Waals surface area (Å²) >= 11 is 13.1. The molecule has 2 aromatic carbocycles. The van der Waals surface area contributed by atoms with Crippen LogP contribution in [0.3, 0.4) is 0 Å².